The predicted octanol–water partition coefficient (Wildman–Crippen LogP) is 2.25. The van der Waals surface area contributed by atoms with Crippen LogP contribution in [0.5, 0.6) is 0 Å². The van der Waals surface area contributed by atoms with Crippen molar-refractivity contribution in [2.75, 3.05) is 0 Å². The van der Waals surface area contributed by atoms with Crippen molar-refractivity contribution in [2.24, 2.45) is 11.3 Å². The highest BCUT2D eigenvalue weighted by Crippen LogP contribution is 2.38. The largest absolute Gasteiger partial charge is 0.481 e. The van der Waals surface area contributed by atoms with Gasteiger partial charge in [-0.25, -0.2) is 0 Å². The number of hydrogen-bond donors (Lipinski definition) is 1. The van der Waals surface area contributed by atoms with E-state index in [9.17, 15) is 9.59 Å². The van der Waals surface area contributed by atoms with Gasteiger partial charge < -0.3 is 5.11 Å². The van der Waals surface area contributed by atoms with Crippen molar-refractivity contribution in [1.82, 2.24) is 0 Å². The zero-order chi connectivity index (χ0) is 10.8. The van der Waals surface area contributed by atoms with Gasteiger partial charge in [-0.2, -0.15) is 0 Å². The minimum atomic E-state index is -0.812. The number of Topliss-reactive ketones (excluding diaryl/α,β-unsaturated/α-hetero) is 1. The lowest BCUT2D eigenvalue weighted by Crippen LogP contribution is -2.35. The number of aliphatic carboxylic acids is 1. The molecule has 14 heavy (non-hydrogen) atoms. The lowest BCUT2D eigenvalue weighted by molar-refractivity contribution is -0.141. The van der Waals surface area contributed by atoms with Crippen LogP contribution in [0.4, 0.5) is 0 Å². The maximum atomic E-state index is 11.6. The SMILES string of the molecule is CC(C)(CC(=O)O)C1CCCCC1=O. The quantitative estimate of drug-likeness (QED) is 0.756. The second-order valence-electron chi connectivity index (χ2n) is 4.82. The smallest absolute Gasteiger partial charge is 0.303 e. The summed E-state index contributed by atoms with van der Waals surface area (Å²) < 4.78 is 0. The van der Waals surface area contributed by atoms with Crippen LogP contribution in [0.2, 0.25) is 0 Å². The molecule has 80 valence electrons. The Balaban J connectivity index is 2.68. The van der Waals surface area contributed by atoms with Crippen molar-refractivity contribution in [2.45, 2.75) is 46.0 Å². The highest BCUT2D eigenvalue weighted by molar-refractivity contribution is 5.83. The van der Waals surface area contributed by atoms with Crippen molar-refractivity contribution in [3.05, 3.63) is 0 Å². The fraction of sp³-hybridized carbons (Fsp3) is 0.818. The highest BCUT2D eigenvalue weighted by atomic mass is 16.4. The van der Waals surface area contributed by atoms with Gasteiger partial charge in [0.15, 0.2) is 0 Å². The molecule has 1 rings (SSSR count). The first-order chi connectivity index (χ1) is 6.43. The predicted molar refractivity (Wildman–Crippen MR) is 53.0 cm³/mol. The normalized spacial score (nSPS) is 23.6. The summed E-state index contributed by atoms with van der Waals surface area (Å²) in [6.45, 7) is 3.77. The molecule has 1 aliphatic carbocycles. The fourth-order valence-electron chi connectivity index (χ4n) is 2.32. The Morgan fingerprint density at radius 3 is 2.64 bits per heavy atom. The van der Waals surface area contributed by atoms with E-state index in [4.69, 9.17) is 5.11 Å². The molecule has 1 saturated carbocycles. The van der Waals surface area contributed by atoms with Crippen molar-refractivity contribution >= 4 is 11.8 Å². The van der Waals surface area contributed by atoms with Gasteiger partial charge in [-0.05, 0) is 18.3 Å². The first-order valence-electron chi connectivity index (χ1n) is 5.18. The Bertz CT molecular complexity index is 243. The molecule has 3 nitrogen and oxygen atoms in total. The summed E-state index contributed by atoms with van der Waals surface area (Å²) in [5.41, 5.74) is -0.386. The van der Waals surface area contributed by atoms with Gasteiger partial charge in [0.25, 0.3) is 0 Å². The molecular weight excluding hydrogens is 180 g/mol. The Hall–Kier alpha value is -0.860. The summed E-state index contributed by atoms with van der Waals surface area (Å²) in [4.78, 5) is 22.3. The highest BCUT2D eigenvalue weighted by Gasteiger charge is 2.37. The molecule has 0 heterocycles. The fourth-order valence-corrected chi connectivity index (χ4v) is 2.32. The first-order valence-corrected chi connectivity index (χ1v) is 5.18. The van der Waals surface area contributed by atoms with Crippen LogP contribution in [0, 0.1) is 11.3 Å². The maximum absolute atomic E-state index is 11.6. The number of hydrogen-bond acceptors (Lipinski definition) is 2. The number of rotatable bonds is 3. The Kier molecular flexibility index (Phi) is 3.29. The minimum Gasteiger partial charge on any atom is -0.481 e. The molecule has 0 amide bonds. The third-order valence-electron chi connectivity index (χ3n) is 3.10. The van der Waals surface area contributed by atoms with Gasteiger partial charge in [0.05, 0.1) is 6.42 Å². The molecule has 1 unspecified atom stereocenters. The average molecular weight is 198 g/mol. The minimum absolute atomic E-state index is 0.0488. The van der Waals surface area contributed by atoms with Crippen LogP contribution in [-0.4, -0.2) is 16.9 Å². The number of carboxylic acids is 1. The Morgan fingerprint density at radius 2 is 2.14 bits per heavy atom. The Labute approximate surface area is 84.5 Å². The standard InChI is InChI=1S/C11H18O3/c1-11(2,7-10(13)14)8-5-3-4-6-9(8)12/h8H,3-7H2,1-2H3,(H,13,14). The number of carbonyl (C=O) groups excluding carboxylic acids is 1. The lowest BCUT2D eigenvalue weighted by atomic mass is 9.69. The molecule has 0 aromatic rings. The summed E-state index contributed by atoms with van der Waals surface area (Å²) in [5.74, 6) is -0.608. The summed E-state index contributed by atoms with van der Waals surface area (Å²) in [7, 11) is 0. The first kappa shape index (κ1) is 11.2. The molecule has 1 aliphatic rings. The van der Waals surface area contributed by atoms with Gasteiger partial charge in [0.2, 0.25) is 0 Å². The average Bonchev–Trinajstić information content (AvgIpc) is 2.02. The molecular formula is C11H18O3. The maximum Gasteiger partial charge on any atom is 0.303 e. The monoisotopic (exact) mass is 198 g/mol. The molecule has 0 spiro atoms. The number of carbonyl (C=O) groups is 2. The van der Waals surface area contributed by atoms with Crippen LogP contribution in [0.3, 0.4) is 0 Å². The molecule has 0 aliphatic heterocycles. The van der Waals surface area contributed by atoms with E-state index < -0.39 is 5.97 Å². The summed E-state index contributed by atoms with van der Waals surface area (Å²) >= 11 is 0. The molecule has 0 aromatic heterocycles. The molecule has 0 radical (unpaired) electrons. The Morgan fingerprint density at radius 1 is 1.50 bits per heavy atom. The zero-order valence-electron chi connectivity index (χ0n) is 8.88. The second kappa shape index (κ2) is 4.11. The number of carboxylic acid groups (broad SMARTS) is 1. The van der Waals surface area contributed by atoms with Crippen molar-refractivity contribution < 1.29 is 14.7 Å². The third kappa shape index (κ3) is 2.56. The summed E-state index contributed by atoms with van der Waals surface area (Å²) in [5, 5.41) is 8.75. The molecule has 1 fully saturated rings. The molecule has 3 heteroatoms. The molecule has 1 N–H and O–H groups in total. The second-order valence-corrected chi connectivity index (χ2v) is 4.82. The van der Waals surface area contributed by atoms with Crippen LogP contribution in [0.25, 0.3) is 0 Å². The molecule has 0 bridgehead atoms. The zero-order valence-corrected chi connectivity index (χ0v) is 8.88. The van der Waals surface area contributed by atoms with Gasteiger partial charge in [0.1, 0.15) is 5.78 Å². The van der Waals surface area contributed by atoms with Crippen LogP contribution >= 0.6 is 0 Å². The van der Waals surface area contributed by atoms with Crippen LogP contribution in [-0.2, 0) is 9.59 Å². The summed E-state index contributed by atoms with van der Waals surface area (Å²) in [6, 6.07) is 0. The van der Waals surface area contributed by atoms with E-state index in [1.165, 1.54) is 0 Å². The van der Waals surface area contributed by atoms with E-state index in [-0.39, 0.29) is 23.5 Å². The molecule has 0 saturated heterocycles. The summed E-state index contributed by atoms with van der Waals surface area (Å²) in [6.07, 6.45) is 3.61. The van der Waals surface area contributed by atoms with E-state index >= 15 is 0 Å². The van der Waals surface area contributed by atoms with Gasteiger partial charge in [-0.3, -0.25) is 9.59 Å². The van der Waals surface area contributed by atoms with E-state index in [1.54, 1.807) is 0 Å². The topological polar surface area (TPSA) is 54.4 Å². The van der Waals surface area contributed by atoms with E-state index in [2.05, 4.69) is 0 Å². The van der Waals surface area contributed by atoms with Gasteiger partial charge in [-0.15, -0.1) is 0 Å². The number of ketones is 1. The lowest BCUT2D eigenvalue weighted by Gasteiger charge is -2.34. The van der Waals surface area contributed by atoms with Crippen LogP contribution in [0.15, 0.2) is 0 Å². The van der Waals surface area contributed by atoms with Crippen molar-refractivity contribution in [3.63, 3.8) is 0 Å². The van der Waals surface area contributed by atoms with E-state index in [0.717, 1.165) is 19.3 Å². The van der Waals surface area contributed by atoms with Gasteiger partial charge in [-0.1, -0.05) is 20.3 Å². The van der Waals surface area contributed by atoms with Gasteiger partial charge >= 0.3 is 5.97 Å². The van der Waals surface area contributed by atoms with E-state index in [0.29, 0.717) is 6.42 Å². The third-order valence-corrected chi connectivity index (χ3v) is 3.10. The van der Waals surface area contributed by atoms with Gasteiger partial charge in [0, 0.05) is 12.3 Å². The van der Waals surface area contributed by atoms with E-state index in [1.807, 2.05) is 13.8 Å². The van der Waals surface area contributed by atoms with Crippen molar-refractivity contribution in [1.29, 1.82) is 0 Å². The molecule has 0 aromatic carbocycles. The van der Waals surface area contributed by atoms with Crippen LogP contribution < -0.4 is 0 Å². The van der Waals surface area contributed by atoms with Crippen molar-refractivity contribution in [3.8, 4) is 0 Å². The molecule has 1 atom stereocenters. The van der Waals surface area contributed by atoms with Crippen LogP contribution in [0.1, 0.15) is 46.0 Å².